The average molecular weight is 431 g/mol. The number of benzene rings is 2. The van der Waals surface area contributed by atoms with Crippen LogP contribution in [-0.4, -0.2) is 34.0 Å². The van der Waals surface area contributed by atoms with Gasteiger partial charge in [-0.3, -0.25) is 4.79 Å². The lowest BCUT2D eigenvalue weighted by atomic mass is 9.79. The second-order valence-corrected chi connectivity index (χ2v) is 9.86. The third-order valence-corrected chi connectivity index (χ3v) is 7.32. The zero-order valence-electron chi connectivity index (χ0n) is 17.8. The van der Waals surface area contributed by atoms with Crippen LogP contribution in [-0.2, 0) is 15.4 Å². The Hall–Kier alpha value is -2.38. The molecule has 0 unspecified atom stereocenters. The van der Waals surface area contributed by atoms with Crippen LogP contribution in [0.5, 0.6) is 5.75 Å². The lowest BCUT2D eigenvalue weighted by Crippen LogP contribution is -2.39. The maximum atomic E-state index is 12.9. The van der Waals surface area contributed by atoms with Gasteiger partial charge >= 0.3 is 0 Å². The van der Waals surface area contributed by atoms with E-state index in [1.54, 1.807) is 19.9 Å². The molecule has 1 amide bonds. The molecule has 0 aliphatic heterocycles. The summed E-state index contributed by atoms with van der Waals surface area (Å²) >= 11 is 0. The largest absolute Gasteiger partial charge is 0.495 e. The number of hydrogen-bond donors (Lipinski definition) is 2. The second-order valence-electron chi connectivity index (χ2n) is 8.18. The van der Waals surface area contributed by atoms with Gasteiger partial charge in [-0.2, -0.15) is 0 Å². The van der Waals surface area contributed by atoms with Crippen LogP contribution in [0, 0.1) is 0 Å². The van der Waals surface area contributed by atoms with Crippen LogP contribution in [0.3, 0.4) is 0 Å². The predicted octanol–water partition coefficient (Wildman–Crippen LogP) is 3.62. The van der Waals surface area contributed by atoms with Gasteiger partial charge < -0.3 is 10.1 Å². The van der Waals surface area contributed by atoms with Crippen LogP contribution in [0.4, 0.5) is 0 Å². The van der Waals surface area contributed by atoms with E-state index < -0.39 is 10.0 Å². The minimum Gasteiger partial charge on any atom is -0.495 e. The summed E-state index contributed by atoms with van der Waals surface area (Å²) in [6.07, 6.45) is 4.32. The molecule has 0 spiro atoms. The Bertz CT molecular complexity index is 982. The van der Waals surface area contributed by atoms with Gasteiger partial charge in [-0.05, 0) is 50.5 Å². The minimum absolute atomic E-state index is 0.0370. The molecule has 0 bridgehead atoms. The lowest BCUT2D eigenvalue weighted by Gasteiger charge is -2.30. The highest BCUT2D eigenvalue weighted by atomic mass is 32.2. The van der Waals surface area contributed by atoms with E-state index in [0.29, 0.717) is 12.1 Å². The third kappa shape index (κ3) is 4.84. The number of amides is 1. The highest BCUT2D eigenvalue weighted by molar-refractivity contribution is 7.89. The second kappa shape index (κ2) is 9.18. The van der Waals surface area contributed by atoms with Crippen LogP contribution < -0.4 is 14.8 Å². The van der Waals surface area contributed by atoms with Crippen LogP contribution in [0.15, 0.2) is 53.4 Å². The fourth-order valence-electron chi connectivity index (χ4n) is 4.16. The van der Waals surface area contributed by atoms with Gasteiger partial charge in [0, 0.05) is 23.6 Å². The number of rotatable bonds is 8. The number of ether oxygens (including phenoxy) is 1. The Balaban J connectivity index is 1.82. The number of hydrogen-bond acceptors (Lipinski definition) is 4. The molecule has 1 saturated carbocycles. The highest BCUT2D eigenvalue weighted by Crippen LogP contribution is 2.40. The van der Waals surface area contributed by atoms with Crippen LogP contribution >= 0.6 is 0 Å². The molecule has 0 radical (unpaired) electrons. The van der Waals surface area contributed by atoms with Crippen molar-refractivity contribution in [3.05, 3.63) is 59.7 Å². The van der Waals surface area contributed by atoms with Crippen molar-refractivity contribution in [3.63, 3.8) is 0 Å². The number of methoxy groups -OCH3 is 1. The zero-order chi connectivity index (χ0) is 21.8. The predicted molar refractivity (Wildman–Crippen MR) is 117 cm³/mol. The van der Waals surface area contributed by atoms with Crippen molar-refractivity contribution in [2.24, 2.45) is 0 Å². The molecule has 2 N–H and O–H groups in total. The first kappa shape index (κ1) is 22.3. The molecule has 6 nitrogen and oxygen atoms in total. The van der Waals surface area contributed by atoms with Gasteiger partial charge in [0.25, 0.3) is 5.91 Å². The first-order valence-corrected chi connectivity index (χ1v) is 11.8. The van der Waals surface area contributed by atoms with Crippen LogP contribution in [0.25, 0.3) is 0 Å². The van der Waals surface area contributed by atoms with E-state index >= 15 is 0 Å². The van der Waals surface area contributed by atoms with Crippen molar-refractivity contribution in [3.8, 4) is 5.75 Å². The molecule has 1 aliphatic carbocycles. The topological polar surface area (TPSA) is 84.5 Å². The van der Waals surface area contributed by atoms with Crippen molar-refractivity contribution in [1.82, 2.24) is 10.0 Å². The molecular formula is C23H30N2O4S. The van der Waals surface area contributed by atoms with E-state index in [4.69, 9.17) is 4.74 Å². The quantitative estimate of drug-likeness (QED) is 0.670. The molecule has 0 saturated heterocycles. The zero-order valence-corrected chi connectivity index (χ0v) is 18.6. The first-order valence-electron chi connectivity index (χ1n) is 10.3. The van der Waals surface area contributed by atoms with Gasteiger partial charge in [-0.25, -0.2) is 13.1 Å². The Morgan fingerprint density at radius 3 is 2.37 bits per heavy atom. The number of sulfonamides is 1. The van der Waals surface area contributed by atoms with Gasteiger partial charge in [0.1, 0.15) is 10.6 Å². The summed E-state index contributed by atoms with van der Waals surface area (Å²) in [5.41, 5.74) is 1.46. The molecule has 1 fully saturated rings. The summed E-state index contributed by atoms with van der Waals surface area (Å²) in [6.45, 7) is 4.00. The molecular weight excluding hydrogens is 400 g/mol. The average Bonchev–Trinajstić information content (AvgIpc) is 3.21. The van der Waals surface area contributed by atoms with E-state index in [-0.39, 0.29) is 28.0 Å². The Morgan fingerprint density at radius 2 is 1.77 bits per heavy atom. The molecule has 2 aromatic carbocycles. The monoisotopic (exact) mass is 430 g/mol. The number of carbonyl (C=O) groups excluding carboxylic acids is 1. The summed E-state index contributed by atoms with van der Waals surface area (Å²) in [7, 11) is -2.39. The van der Waals surface area contributed by atoms with E-state index in [1.807, 2.05) is 18.2 Å². The summed E-state index contributed by atoms with van der Waals surface area (Å²) < 4.78 is 33.1. The maximum Gasteiger partial charge on any atom is 0.251 e. The summed E-state index contributed by atoms with van der Waals surface area (Å²) in [5, 5.41) is 3.04. The molecule has 2 aromatic rings. The Kier molecular flexibility index (Phi) is 6.83. The lowest BCUT2D eigenvalue weighted by molar-refractivity contribution is 0.0943. The molecule has 0 heterocycles. The first-order chi connectivity index (χ1) is 14.3. The van der Waals surface area contributed by atoms with Crippen molar-refractivity contribution in [1.29, 1.82) is 0 Å². The molecule has 0 atom stereocenters. The molecule has 3 rings (SSSR count). The van der Waals surface area contributed by atoms with Crippen molar-refractivity contribution in [2.45, 2.75) is 55.9 Å². The summed E-state index contributed by atoms with van der Waals surface area (Å²) in [4.78, 5) is 12.9. The van der Waals surface area contributed by atoms with Gasteiger partial charge in [-0.15, -0.1) is 0 Å². The van der Waals surface area contributed by atoms with E-state index in [0.717, 1.165) is 25.7 Å². The SMILES string of the molecule is COc1ccc(C(=O)NCC2(c3ccccc3)CCCC2)cc1S(=O)(=O)NC(C)C. The van der Waals surface area contributed by atoms with Gasteiger partial charge in [-0.1, -0.05) is 43.2 Å². The van der Waals surface area contributed by atoms with Crippen molar-refractivity contribution in [2.75, 3.05) is 13.7 Å². The van der Waals surface area contributed by atoms with Gasteiger partial charge in [0.2, 0.25) is 10.0 Å². The standard InChI is InChI=1S/C23H30N2O4S/c1-17(2)25-30(27,28)21-15-18(11-12-20(21)29-3)22(26)24-16-23(13-7-8-14-23)19-9-5-4-6-10-19/h4-6,9-12,15,17,25H,7-8,13-14,16H2,1-3H3,(H,24,26). The van der Waals surface area contributed by atoms with Crippen molar-refractivity contribution >= 4 is 15.9 Å². The highest BCUT2D eigenvalue weighted by Gasteiger charge is 2.36. The van der Waals surface area contributed by atoms with Gasteiger partial charge in [0.05, 0.1) is 7.11 Å². The molecule has 30 heavy (non-hydrogen) atoms. The Labute approximate surface area is 179 Å². The van der Waals surface area contributed by atoms with Crippen LogP contribution in [0.2, 0.25) is 0 Å². The molecule has 7 heteroatoms. The fourth-order valence-corrected chi connectivity index (χ4v) is 5.61. The van der Waals surface area contributed by atoms with E-state index in [2.05, 4.69) is 22.2 Å². The summed E-state index contributed by atoms with van der Waals surface area (Å²) in [6, 6.07) is 14.5. The fraction of sp³-hybridized carbons (Fsp3) is 0.435. The van der Waals surface area contributed by atoms with E-state index in [9.17, 15) is 13.2 Å². The Morgan fingerprint density at radius 1 is 1.10 bits per heavy atom. The molecule has 0 aromatic heterocycles. The molecule has 162 valence electrons. The summed E-state index contributed by atoms with van der Waals surface area (Å²) in [5.74, 6) is -0.0860. The maximum absolute atomic E-state index is 12.9. The number of nitrogens with one attached hydrogen (secondary N) is 2. The van der Waals surface area contributed by atoms with Crippen LogP contribution in [0.1, 0.15) is 55.5 Å². The minimum atomic E-state index is -3.80. The van der Waals surface area contributed by atoms with Gasteiger partial charge in [0.15, 0.2) is 0 Å². The van der Waals surface area contributed by atoms with E-state index in [1.165, 1.54) is 24.8 Å². The third-order valence-electron chi connectivity index (χ3n) is 5.64. The smallest absolute Gasteiger partial charge is 0.251 e. The molecule has 1 aliphatic rings. The van der Waals surface area contributed by atoms with Crippen molar-refractivity contribution < 1.29 is 17.9 Å². The normalized spacial score (nSPS) is 15.9. The number of carbonyl (C=O) groups is 1.